The van der Waals surface area contributed by atoms with Crippen molar-refractivity contribution in [3.63, 3.8) is 0 Å². The van der Waals surface area contributed by atoms with E-state index in [1.807, 2.05) is 19.1 Å². The highest BCUT2D eigenvalue weighted by molar-refractivity contribution is 5.74. The molecule has 0 fully saturated rings. The van der Waals surface area contributed by atoms with Gasteiger partial charge in [-0.1, -0.05) is 24.3 Å². The normalized spacial score (nSPS) is 11.7. The second-order valence-corrected chi connectivity index (χ2v) is 3.14. The van der Waals surface area contributed by atoms with Gasteiger partial charge in [0.2, 0.25) is 0 Å². The van der Waals surface area contributed by atoms with E-state index >= 15 is 0 Å². The van der Waals surface area contributed by atoms with Crippen molar-refractivity contribution in [2.24, 2.45) is 0 Å². The van der Waals surface area contributed by atoms with Crippen LogP contribution in [0.4, 0.5) is 0 Å². The lowest BCUT2D eigenvalue weighted by atomic mass is 10.1. The van der Waals surface area contributed by atoms with Gasteiger partial charge in [0.1, 0.15) is 6.29 Å². The predicted octanol–water partition coefficient (Wildman–Crippen LogP) is 2.60. The van der Waals surface area contributed by atoms with Crippen molar-refractivity contribution in [3.05, 3.63) is 35.4 Å². The summed E-state index contributed by atoms with van der Waals surface area (Å²) in [6, 6.07) is 7.29. The molecule has 0 heterocycles. The number of hydrogen-bond acceptors (Lipinski definition) is 2. The minimum Gasteiger partial charge on any atom is -0.373 e. The van der Waals surface area contributed by atoms with Crippen LogP contribution in [0.15, 0.2) is 24.3 Å². The van der Waals surface area contributed by atoms with Crippen molar-refractivity contribution in [1.82, 2.24) is 0 Å². The third-order valence-electron chi connectivity index (χ3n) is 2.12. The van der Waals surface area contributed by atoms with Crippen molar-refractivity contribution >= 4 is 6.29 Å². The molecule has 0 N–H and O–H groups in total. The number of hydrogen-bond donors (Lipinski definition) is 0. The quantitative estimate of drug-likeness (QED) is 0.542. The van der Waals surface area contributed by atoms with Crippen molar-refractivity contribution in [1.29, 1.82) is 0 Å². The van der Waals surface area contributed by atoms with Gasteiger partial charge in [0.05, 0.1) is 6.10 Å². The summed E-state index contributed by atoms with van der Waals surface area (Å²) >= 11 is 0. The maximum Gasteiger partial charge on any atom is 0.150 e. The number of carbonyl (C=O) groups is 1. The molecule has 0 aliphatic heterocycles. The monoisotopic (exact) mass is 202 g/mol. The summed E-state index contributed by atoms with van der Waals surface area (Å²) in [6.45, 7) is 2.56. The Kier molecular flexibility index (Phi) is 4.59. The van der Waals surface area contributed by atoms with Crippen LogP contribution in [-0.4, -0.2) is 12.9 Å². The van der Waals surface area contributed by atoms with Gasteiger partial charge < -0.3 is 4.74 Å². The Morgan fingerprint density at radius 1 is 1.47 bits per heavy atom. The van der Waals surface area contributed by atoms with E-state index in [1.165, 1.54) is 0 Å². The highest BCUT2D eigenvalue weighted by atomic mass is 16.5. The SMILES string of the molecule is C#CCC(OCC)c1ccc(C=O)cc1. The second-order valence-electron chi connectivity index (χ2n) is 3.14. The van der Waals surface area contributed by atoms with Crippen LogP contribution in [0.1, 0.15) is 35.4 Å². The lowest BCUT2D eigenvalue weighted by Gasteiger charge is -2.14. The standard InChI is InChI=1S/C13H14O2/c1-3-5-13(15-4-2)12-8-6-11(10-14)7-9-12/h1,6-10,13H,4-5H2,2H3. The molecule has 2 heteroatoms. The van der Waals surface area contributed by atoms with E-state index in [0.29, 0.717) is 18.6 Å². The predicted molar refractivity (Wildman–Crippen MR) is 59.6 cm³/mol. The number of aldehydes is 1. The molecule has 15 heavy (non-hydrogen) atoms. The van der Waals surface area contributed by atoms with E-state index in [-0.39, 0.29) is 6.10 Å². The summed E-state index contributed by atoms with van der Waals surface area (Å²) in [6.07, 6.45) is 6.57. The molecule has 0 aliphatic rings. The summed E-state index contributed by atoms with van der Waals surface area (Å²) in [5.41, 5.74) is 1.68. The van der Waals surface area contributed by atoms with E-state index < -0.39 is 0 Å². The average molecular weight is 202 g/mol. The molecule has 1 rings (SSSR count). The minimum absolute atomic E-state index is 0.0688. The van der Waals surface area contributed by atoms with Crippen molar-refractivity contribution in [3.8, 4) is 12.3 Å². The average Bonchev–Trinajstić information content (AvgIpc) is 2.29. The zero-order valence-electron chi connectivity index (χ0n) is 8.77. The van der Waals surface area contributed by atoms with Crippen molar-refractivity contribution in [2.45, 2.75) is 19.4 Å². The molecule has 2 nitrogen and oxygen atoms in total. The van der Waals surface area contributed by atoms with Gasteiger partial charge >= 0.3 is 0 Å². The Morgan fingerprint density at radius 3 is 2.60 bits per heavy atom. The van der Waals surface area contributed by atoms with E-state index in [2.05, 4.69) is 5.92 Å². The number of rotatable bonds is 5. The Hall–Kier alpha value is -1.59. The van der Waals surface area contributed by atoms with Crippen LogP contribution in [-0.2, 0) is 4.74 Å². The van der Waals surface area contributed by atoms with E-state index in [1.54, 1.807) is 12.1 Å². The maximum absolute atomic E-state index is 10.5. The van der Waals surface area contributed by atoms with E-state index in [9.17, 15) is 4.79 Å². The first kappa shape index (κ1) is 11.5. The highest BCUT2D eigenvalue weighted by Gasteiger charge is 2.09. The molecule has 0 spiro atoms. The molecule has 1 atom stereocenters. The molecule has 0 bridgehead atoms. The van der Waals surface area contributed by atoms with Crippen LogP contribution in [0.25, 0.3) is 0 Å². The molecule has 1 aromatic carbocycles. The van der Waals surface area contributed by atoms with Gasteiger partial charge in [0.15, 0.2) is 0 Å². The fourth-order valence-corrected chi connectivity index (χ4v) is 1.37. The smallest absolute Gasteiger partial charge is 0.150 e. The molecule has 1 aromatic rings. The van der Waals surface area contributed by atoms with Crippen LogP contribution >= 0.6 is 0 Å². The molecular weight excluding hydrogens is 188 g/mol. The van der Waals surface area contributed by atoms with Crippen LogP contribution in [0, 0.1) is 12.3 Å². The summed E-state index contributed by atoms with van der Waals surface area (Å²) in [5.74, 6) is 2.59. The van der Waals surface area contributed by atoms with Crippen molar-refractivity contribution < 1.29 is 9.53 Å². The molecule has 0 aromatic heterocycles. The number of ether oxygens (including phenoxy) is 1. The van der Waals surface area contributed by atoms with Gasteiger partial charge in [0, 0.05) is 18.6 Å². The minimum atomic E-state index is -0.0688. The van der Waals surface area contributed by atoms with Gasteiger partial charge in [-0.15, -0.1) is 12.3 Å². The van der Waals surface area contributed by atoms with Crippen molar-refractivity contribution in [2.75, 3.05) is 6.61 Å². The van der Waals surface area contributed by atoms with Crippen LogP contribution < -0.4 is 0 Å². The van der Waals surface area contributed by atoms with Crippen LogP contribution in [0.5, 0.6) is 0 Å². The lowest BCUT2D eigenvalue weighted by Crippen LogP contribution is -2.03. The van der Waals surface area contributed by atoms with E-state index in [0.717, 1.165) is 11.8 Å². The molecular formula is C13H14O2. The van der Waals surface area contributed by atoms with Gasteiger partial charge in [-0.25, -0.2) is 0 Å². The summed E-state index contributed by atoms with van der Waals surface area (Å²) in [4.78, 5) is 10.5. The fourth-order valence-electron chi connectivity index (χ4n) is 1.37. The maximum atomic E-state index is 10.5. The Balaban J connectivity index is 2.81. The molecule has 0 aliphatic carbocycles. The largest absolute Gasteiger partial charge is 0.373 e. The number of carbonyl (C=O) groups excluding carboxylic acids is 1. The van der Waals surface area contributed by atoms with Crippen LogP contribution in [0.2, 0.25) is 0 Å². The van der Waals surface area contributed by atoms with Gasteiger partial charge in [-0.05, 0) is 12.5 Å². The third-order valence-corrected chi connectivity index (χ3v) is 2.12. The Labute approximate surface area is 90.3 Å². The molecule has 0 amide bonds. The zero-order chi connectivity index (χ0) is 11.1. The van der Waals surface area contributed by atoms with Gasteiger partial charge in [-0.3, -0.25) is 4.79 Å². The number of terminal acetylenes is 1. The summed E-state index contributed by atoms with van der Waals surface area (Å²) in [5, 5.41) is 0. The highest BCUT2D eigenvalue weighted by Crippen LogP contribution is 2.20. The second kappa shape index (κ2) is 6.00. The topological polar surface area (TPSA) is 26.3 Å². The first-order valence-corrected chi connectivity index (χ1v) is 4.92. The molecule has 0 radical (unpaired) electrons. The molecule has 78 valence electrons. The first-order valence-electron chi connectivity index (χ1n) is 4.92. The third kappa shape index (κ3) is 3.23. The zero-order valence-corrected chi connectivity index (χ0v) is 8.77. The summed E-state index contributed by atoms with van der Waals surface area (Å²) in [7, 11) is 0. The Morgan fingerprint density at radius 2 is 2.13 bits per heavy atom. The Bertz CT molecular complexity index is 346. The van der Waals surface area contributed by atoms with Gasteiger partial charge in [0.25, 0.3) is 0 Å². The fraction of sp³-hybridized carbons (Fsp3) is 0.308. The molecule has 0 saturated heterocycles. The lowest BCUT2D eigenvalue weighted by molar-refractivity contribution is 0.0663. The summed E-state index contributed by atoms with van der Waals surface area (Å²) < 4.78 is 5.51. The van der Waals surface area contributed by atoms with Gasteiger partial charge in [-0.2, -0.15) is 0 Å². The van der Waals surface area contributed by atoms with E-state index in [4.69, 9.17) is 11.2 Å². The number of benzene rings is 1. The molecule has 1 unspecified atom stereocenters. The first-order chi connectivity index (χ1) is 7.31. The van der Waals surface area contributed by atoms with Crippen LogP contribution in [0.3, 0.4) is 0 Å². The molecule has 0 saturated carbocycles.